The monoisotopic (exact) mass is 308 g/mol. The lowest BCUT2D eigenvalue weighted by Crippen LogP contribution is -1.96. The number of aryl methyl sites for hydroxylation is 2. The molecular weight excluding hydrogens is 280 g/mol. The molecule has 0 aliphatic heterocycles. The van der Waals surface area contributed by atoms with Crippen LogP contribution in [0.15, 0.2) is 40.8 Å². The Labute approximate surface area is 139 Å². The van der Waals surface area contributed by atoms with Crippen LogP contribution in [0.4, 0.5) is 0 Å². The summed E-state index contributed by atoms with van der Waals surface area (Å²) >= 11 is 0. The maximum Gasteiger partial charge on any atom is 0.135 e. The normalized spacial score (nSPS) is 11.6. The molecule has 122 valence electrons. The molecule has 0 aliphatic rings. The molecule has 1 aromatic heterocycles. The molecule has 0 atom stereocenters. The lowest BCUT2D eigenvalue weighted by Gasteiger charge is -2.11. The fourth-order valence-corrected chi connectivity index (χ4v) is 3.57. The molecule has 0 fully saturated rings. The quantitative estimate of drug-likeness (QED) is 0.406. The van der Waals surface area contributed by atoms with E-state index >= 15 is 0 Å². The third kappa shape index (κ3) is 3.44. The third-order valence-corrected chi connectivity index (χ3v) is 4.83. The molecule has 0 aliphatic carbocycles. The van der Waals surface area contributed by atoms with Gasteiger partial charge in [0.25, 0.3) is 0 Å². The maximum atomic E-state index is 6.08. The Morgan fingerprint density at radius 3 is 2.26 bits per heavy atom. The average Bonchev–Trinajstić information content (AvgIpc) is 2.95. The zero-order valence-electron chi connectivity index (χ0n) is 14.5. The highest BCUT2D eigenvalue weighted by molar-refractivity contribution is 6.07. The van der Waals surface area contributed by atoms with E-state index in [4.69, 9.17) is 4.42 Å². The van der Waals surface area contributed by atoms with Crippen LogP contribution in [0.3, 0.4) is 0 Å². The summed E-state index contributed by atoms with van der Waals surface area (Å²) in [6.07, 6.45) is 10.1. The zero-order chi connectivity index (χ0) is 16.1. The first-order valence-electron chi connectivity index (χ1n) is 9.27. The van der Waals surface area contributed by atoms with Crippen molar-refractivity contribution < 1.29 is 4.42 Å². The van der Waals surface area contributed by atoms with Crippen LogP contribution in [0.5, 0.6) is 0 Å². The number of hydrogen-bond acceptors (Lipinski definition) is 1. The van der Waals surface area contributed by atoms with Gasteiger partial charge in [0, 0.05) is 10.8 Å². The van der Waals surface area contributed by atoms with Crippen molar-refractivity contribution in [2.75, 3.05) is 0 Å². The maximum absolute atomic E-state index is 6.08. The van der Waals surface area contributed by atoms with E-state index in [-0.39, 0.29) is 0 Å². The predicted octanol–water partition coefficient (Wildman–Crippen LogP) is 7.05. The Morgan fingerprint density at radius 1 is 0.739 bits per heavy atom. The van der Waals surface area contributed by atoms with E-state index in [1.165, 1.54) is 73.3 Å². The minimum absolute atomic E-state index is 1.02. The van der Waals surface area contributed by atoms with Gasteiger partial charge in [0.15, 0.2) is 0 Å². The van der Waals surface area contributed by atoms with Gasteiger partial charge in [-0.25, -0.2) is 0 Å². The highest BCUT2D eigenvalue weighted by atomic mass is 16.3. The van der Waals surface area contributed by atoms with E-state index in [9.17, 15) is 0 Å². The molecule has 1 heterocycles. The summed E-state index contributed by atoms with van der Waals surface area (Å²) in [4.78, 5) is 0. The van der Waals surface area contributed by atoms with Crippen LogP contribution in [0.25, 0.3) is 21.9 Å². The summed E-state index contributed by atoms with van der Waals surface area (Å²) in [6, 6.07) is 13.0. The van der Waals surface area contributed by atoms with Gasteiger partial charge in [-0.15, -0.1) is 0 Å². The molecule has 3 aromatic rings. The Balaban J connectivity index is 2.06. The summed E-state index contributed by atoms with van der Waals surface area (Å²) in [5.41, 5.74) is 5.15. The minimum Gasteiger partial charge on any atom is -0.456 e. The number of benzene rings is 2. The number of rotatable bonds is 8. The molecule has 0 radical (unpaired) electrons. The molecule has 0 spiro atoms. The largest absolute Gasteiger partial charge is 0.456 e. The van der Waals surface area contributed by atoms with Crippen molar-refractivity contribution in [2.45, 2.75) is 65.2 Å². The van der Waals surface area contributed by atoms with E-state index in [0.717, 1.165) is 11.2 Å². The van der Waals surface area contributed by atoms with Crippen molar-refractivity contribution >= 4 is 21.9 Å². The van der Waals surface area contributed by atoms with Gasteiger partial charge in [0.1, 0.15) is 11.2 Å². The van der Waals surface area contributed by atoms with Crippen LogP contribution >= 0.6 is 0 Å². The molecule has 3 rings (SSSR count). The lowest BCUT2D eigenvalue weighted by molar-refractivity contribution is 0.666. The fraction of sp³-hybridized carbons (Fsp3) is 0.455. The topological polar surface area (TPSA) is 13.1 Å². The van der Waals surface area contributed by atoms with Gasteiger partial charge < -0.3 is 4.42 Å². The molecule has 0 bridgehead atoms. The van der Waals surface area contributed by atoms with Crippen molar-refractivity contribution in [3.63, 3.8) is 0 Å². The first-order valence-corrected chi connectivity index (χ1v) is 9.27. The Kier molecular flexibility index (Phi) is 5.38. The molecule has 2 aromatic carbocycles. The highest BCUT2D eigenvalue weighted by Crippen LogP contribution is 2.34. The van der Waals surface area contributed by atoms with Crippen LogP contribution in [0, 0.1) is 0 Å². The van der Waals surface area contributed by atoms with Crippen molar-refractivity contribution in [1.29, 1.82) is 0 Å². The standard InChI is InChI=1S/C22H28O/c1-3-5-7-11-17-15-16-21-22(18(17)12-8-6-4-2)19-13-9-10-14-20(19)23-21/h9-10,13-16H,3-8,11-12H2,1-2H3. The molecule has 0 unspecified atom stereocenters. The van der Waals surface area contributed by atoms with Crippen LogP contribution in [-0.4, -0.2) is 0 Å². The molecular formula is C22H28O. The van der Waals surface area contributed by atoms with Gasteiger partial charge in [-0.2, -0.15) is 0 Å². The van der Waals surface area contributed by atoms with E-state index in [0.29, 0.717) is 0 Å². The van der Waals surface area contributed by atoms with Crippen molar-refractivity contribution in [1.82, 2.24) is 0 Å². The van der Waals surface area contributed by atoms with E-state index in [1.807, 2.05) is 0 Å². The fourth-order valence-electron chi connectivity index (χ4n) is 3.57. The SMILES string of the molecule is CCCCCc1ccc2oc3ccccc3c2c1CCCCC. The summed E-state index contributed by atoms with van der Waals surface area (Å²) in [6.45, 7) is 4.55. The molecule has 1 nitrogen and oxygen atoms in total. The minimum atomic E-state index is 1.02. The van der Waals surface area contributed by atoms with E-state index in [1.54, 1.807) is 0 Å². The average molecular weight is 308 g/mol. The Hall–Kier alpha value is -1.76. The smallest absolute Gasteiger partial charge is 0.135 e. The van der Waals surface area contributed by atoms with Gasteiger partial charge >= 0.3 is 0 Å². The van der Waals surface area contributed by atoms with Gasteiger partial charge in [0.2, 0.25) is 0 Å². The second-order valence-electron chi connectivity index (χ2n) is 6.59. The van der Waals surface area contributed by atoms with Crippen LogP contribution in [0.2, 0.25) is 0 Å². The lowest BCUT2D eigenvalue weighted by atomic mass is 9.93. The van der Waals surface area contributed by atoms with E-state index in [2.05, 4.69) is 50.2 Å². The van der Waals surface area contributed by atoms with Crippen molar-refractivity contribution in [3.8, 4) is 0 Å². The molecule has 1 heteroatoms. The number of para-hydroxylation sites is 1. The summed E-state index contributed by atoms with van der Waals surface area (Å²) in [5, 5.41) is 2.65. The van der Waals surface area contributed by atoms with Gasteiger partial charge in [-0.3, -0.25) is 0 Å². The zero-order valence-corrected chi connectivity index (χ0v) is 14.5. The van der Waals surface area contributed by atoms with Crippen LogP contribution in [-0.2, 0) is 12.8 Å². The molecule has 0 N–H and O–H groups in total. The van der Waals surface area contributed by atoms with Crippen molar-refractivity contribution in [2.24, 2.45) is 0 Å². The molecule has 0 saturated heterocycles. The number of fused-ring (bicyclic) bond motifs is 3. The Morgan fingerprint density at radius 2 is 1.48 bits per heavy atom. The van der Waals surface area contributed by atoms with Gasteiger partial charge in [-0.05, 0) is 48.9 Å². The van der Waals surface area contributed by atoms with Crippen LogP contribution in [0.1, 0.15) is 63.5 Å². The molecule has 0 saturated carbocycles. The summed E-state index contributed by atoms with van der Waals surface area (Å²) < 4.78 is 6.08. The molecule has 0 amide bonds. The second kappa shape index (κ2) is 7.68. The summed E-state index contributed by atoms with van der Waals surface area (Å²) in [5.74, 6) is 0. The van der Waals surface area contributed by atoms with Crippen molar-refractivity contribution in [3.05, 3.63) is 47.5 Å². The number of hydrogen-bond donors (Lipinski definition) is 0. The summed E-state index contributed by atoms with van der Waals surface area (Å²) in [7, 11) is 0. The third-order valence-electron chi connectivity index (χ3n) is 4.83. The first kappa shape index (κ1) is 16.1. The first-order chi connectivity index (χ1) is 11.3. The Bertz CT molecular complexity index is 766. The predicted molar refractivity (Wildman–Crippen MR) is 100 cm³/mol. The number of unbranched alkanes of at least 4 members (excludes halogenated alkanes) is 4. The van der Waals surface area contributed by atoms with Crippen LogP contribution < -0.4 is 0 Å². The molecule has 23 heavy (non-hydrogen) atoms. The highest BCUT2D eigenvalue weighted by Gasteiger charge is 2.14. The van der Waals surface area contributed by atoms with E-state index < -0.39 is 0 Å². The van der Waals surface area contributed by atoms with Gasteiger partial charge in [-0.1, -0.05) is 63.8 Å². The second-order valence-corrected chi connectivity index (χ2v) is 6.59. The van der Waals surface area contributed by atoms with Gasteiger partial charge in [0.05, 0.1) is 0 Å². The number of furan rings is 1.